The second-order valence-corrected chi connectivity index (χ2v) is 6.62. The summed E-state index contributed by atoms with van der Waals surface area (Å²) in [5.41, 5.74) is 2.92. The maximum absolute atomic E-state index is 13.3. The van der Waals surface area contributed by atoms with Crippen LogP contribution in [0.5, 0.6) is 0 Å². The molecule has 140 valence electrons. The first-order chi connectivity index (χ1) is 12.8. The van der Waals surface area contributed by atoms with Gasteiger partial charge in [-0.2, -0.15) is 0 Å². The number of aromatic amines is 1. The zero-order valence-electron chi connectivity index (χ0n) is 14.9. The molecule has 0 aliphatic heterocycles. The fourth-order valence-electron chi connectivity index (χ4n) is 2.86. The standard InChI is InChI=1S/C19H19FN4O2S/c1-11(25)10-24-18(14-7-8-21-16(9-14)22-12(2)26)17(23-19(24)27)13-3-5-15(20)6-4-13/h3-9,11,25H,10H2,1-2H3,(H,23,27)(H,21,22,26). The number of imidazole rings is 1. The maximum Gasteiger partial charge on any atom is 0.222 e. The molecule has 0 saturated carbocycles. The van der Waals surface area contributed by atoms with E-state index >= 15 is 0 Å². The van der Waals surface area contributed by atoms with Crippen LogP contribution in [-0.4, -0.2) is 31.7 Å². The van der Waals surface area contributed by atoms with Gasteiger partial charge in [0.25, 0.3) is 0 Å². The lowest BCUT2D eigenvalue weighted by Crippen LogP contribution is -2.13. The monoisotopic (exact) mass is 386 g/mol. The highest BCUT2D eigenvalue weighted by Crippen LogP contribution is 2.33. The van der Waals surface area contributed by atoms with Gasteiger partial charge in [0.1, 0.15) is 11.6 Å². The van der Waals surface area contributed by atoms with E-state index in [2.05, 4.69) is 15.3 Å². The number of aliphatic hydroxyl groups excluding tert-OH is 1. The summed E-state index contributed by atoms with van der Waals surface area (Å²) in [5, 5.41) is 12.5. The molecule has 1 unspecified atom stereocenters. The van der Waals surface area contributed by atoms with Gasteiger partial charge in [-0.3, -0.25) is 4.79 Å². The third kappa shape index (κ3) is 4.29. The topological polar surface area (TPSA) is 82.9 Å². The number of halogens is 1. The van der Waals surface area contributed by atoms with Gasteiger partial charge in [-0.05, 0) is 55.5 Å². The van der Waals surface area contributed by atoms with Crippen molar-refractivity contribution >= 4 is 23.9 Å². The maximum atomic E-state index is 13.3. The molecule has 1 amide bonds. The Kier molecular flexibility index (Phi) is 5.48. The number of carbonyl (C=O) groups is 1. The molecule has 0 saturated heterocycles. The van der Waals surface area contributed by atoms with Crippen molar-refractivity contribution in [3.05, 3.63) is 53.2 Å². The molecule has 0 radical (unpaired) electrons. The minimum absolute atomic E-state index is 0.228. The van der Waals surface area contributed by atoms with E-state index in [1.54, 1.807) is 42.0 Å². The van der Waals surface area contributed by atoms with Gasteiger partial charge in [-0.25, -0.2) is 9.37 Å². The summed E-state index contributed by atoms with van der Waals surface area (Å²) >= 11 is 5.44. The van der Waals surface area contributed by atoms with Crippen LogP contribution in [0.25, 0.3) is 22.5 Å². The van der Waals surface area contributed by atoms with E-state index in [1.165, 1.54) is 19.1 Å². The Morgan fingerprint density at radius 1 is 1.33 bits per heavy atom. The second kappa shape index (κ2) is 7.81. The van der Waals surface area contributed by atoms with Gasteiger partial charge in [-0.15, -0.1) is 0 Å². The Morgan fingerprint density at radius 3 is 2.67 bits per heavy atom. The third-order valence-corrected chi connectivity index (χ3v) is 4.22. The zero-order valence-corrected chi connectivity index (χ0v) is 15.7. The summed E-state index contributed by atoms with van der Waals surface area (Å²) in [5.74, 6) is -0.159. The first-order valence-corrected chi connectivity index (χ1v) is 8.77. The van der Waals surface area contributed by atoms with E-state index in [1.807, 2.05) is 0 Å². The molecule has 2 aromatic heterocycles. The molecular weight excluding hydrogens is 367 g/mol. The highest BCUT2D eigenvalue weighted by molar-refractivity contribution is 7.71. The van der Waals surface area contributed by atoms with Crippen LogP contribution in [0.3, 0.4) is 0 Å². The molecule has 0 aliphatic rings. The molecule has 27 heavy (non-hydrogen) atoms. The van der Waals surface area contributed by atoms with Crippen molar-refractivity contribution < 1.29 is 14.3 Å². The molecular formula is C19H19FN4O2S. The molecule has 3 N–H and O–H groups in total. The molecule has 0 spiro atoms. The molecule has 1 atom stereocenters. The third-order valence-electron chi connectivity index (χ3n) is 3.90. The second-order valence-electron chi connectivity index (χ2n) is 6.23. The summed E-state index contributed by atoms with van der Waals surface area (Å²) in [6.45, 7) is 3.36. The van der Waals surface area contributed by atoms with E-state index in [-0.39, 0.29) is 18.3 Å². The number of anilines is 1. The highest BCUT2D eigenvalue weighted by Gasteiger charge is 2.18. The van der Waals surface area contributed by atoms with E-state index in [0.717, 1.165) is 16.8 Å². The van der Waals surface area contributed by atoms with Crippen LogP contribution < -0.4 is 5.32 Å². The first-order valence-electron chi connectivity index (χ1n) is 8.36. The number of aromatic nitrogens is 3. The molecule has 0 bridgehead atoms. The predicted molar refractivity (Wildman–Crippen MR) is 104 cm³/mol. The van der Waals surface area contributed by atoms with Gasteiger partial charge in [0.15, 0.2) is 4.77 Å². The molecule has 0 aliphatic carbocycles. The smallest absolute Gasteiger partial charge is 0.222 e. The van der Waals surface area contributed by atoms with Crippen molar-refractivity contribution in [2.24, 2.45) is 0 Å². The number of benzene rings is 1. The van der Waals surface area contributed by atoms with E-state index in [9.17, 15) is 14.3 Å². The van der Waals surface area contributed by atoms with Crippen LogP contribution in [0, 0.1) is 10.6 Å². The lowest BCUT2D eigenvalue weighted by atomic mass is 10.1. The first kappa shape index (κ1) is 18.9. The summed E-state index contributed by atoms with van der Waals surface area (Å²) in [4.78, 5) is 18.6. The van der Waals surface area contributed by atoms with Crippen molar-refractivity contribution in [3.63, 3.8) is 0 Å². The van der Waals surface area contributed by atoms with Crippen LogP contribution in [0.2, 0.25) is 0 Å². The Balaban J connectivity index is 2.21. The number of hydrogen-bond donors (Lipinski definition) is 3. The van der Waals surface area contributed by atoms with E-state index < -0.39 is 6.10 Å². The number of hydrogen-bond acceptors (Lipinski definition) is 4. The molecule has 8 heteroatoms. The summed E-state index contributed by atoms with van der Waals surface area (Å²) in [7, 11) is 0. The van der Waals surface area contributed by atoms with Crippen molar-refractivity contribution in [1.29, 1.82) is 0 Å². The van der Waals surface area contributed by atoms with Gasteiger partial charge in [0.05, 0.1) is 24.0 Å². The lowest BCUT2D eigenvalue weighted by Gasteiger charge is -2.13. The number of H-pyrrole nitrogens is 1. The van der Waals surface area contributed by atoms with Crippen molar-refractivity contribution in [2.75, 3.05) is 5.32 Å². The van der Waals surface area contributed by atoms with Gasteiger partial charge >= 0.3 is 0 Å². The van der Waals surface area contributed by atoms with Crippen LogP contribution in [-0.2, 0) is 11.3 Å². The number of rotatable bonds is 5. The van der Waals surface area contributed by atoms with Gasteiger partial charge in [0, 0.05) is 24.2 Å². The number of nitrogens with zero attached hydrogens (tertiary/aromatic N) is 2. The van der Waals surface area contributed by atoms with E-state index in [4.69, 9.17) is 12.2 Å². The number of amides is 1. The van der Waals surface area contributed by atoms with Crippen LogP contribution in [0.1, 0.15) is 13.8 Å². The summed E-state index contributed by atoms with van der Waals surface area (Å²) in [6.07, 6.45) is 0.960. The van der Waals surface area contributed by atoms with Gasteiger partial charge in [0.2, 0.25) is 5.91 Å². The lowest BCUT2D eigenvalue weighted by molar-refractivity contribution is -0.114. The molecule has 0 fully saturated rings. The Labute approximate surface area is 160 Å². The van der Waals surface area contributed by atoms with Gasteiger partial charge < -0.3 is 20.0 Å². The number of carbonyl (C=O) groups excluding carboxylic acids is 1. The largest absolute Gasteiger partial charge is 0.392 e. The summed E-state index contributed by atoms with van der Waals surface area (Å²) < 4.78 is 15.6. The zero-order chi connectivity index (χ0) is 19.6. The quantitative estimate of drug-likeness (QED) is 0.583. The molecule has 1 aromatic carbocycles. The minimum Gasteiger partial charge on any atom is -0.392 e. The fraction of sp³-hybridized carbons (Fsp3) is 0.211. The molecule has 3 aromatic rings. The fourth-order valence-corrected chi connectivity index (χ4v) is 3.13. The van der Waals surface area contributed by atoms with Gasteiger partial charge in [-0.1, -0.05) is 0 Å². The number of pyridine rings is 1. The number of nitrogens with one attached hydrogen (secondary N) is 2. The van der Waals surface area contributed by atoms with Crippen molar-refractivity contribution in [2.45, 2.75) is 26.5 Å². The number of aliphatic hydroxyl groups is 1. The molecule has 3 rings (SSSR count). The molecule has 6 nitrogen and oxygen atoms in total. The summed E-state index contributed by atoms with van der Waals surface area (Å²) in [6, 6.07) is 9.57. The van der Waals surface area contributed by atoms with Crippen molar-refractivity contribution in [1.82, 2.24) is 14.5 Å². The average molecular weight is 386 g/mol. The average Bonchev–Trinajstić information content (AvgIpc) is 2.91. The van der Waals surface area contributed by atoms with Crippen LogP contribution in [0.4, 0.5) is 10.2 Å². The Bertz CT molecular complexity index is 1020. The minimum atomic E-state index is -0.621. The van der Waals surface area contributed by atoms with Crippen molar-refractivity contribution in [3.8, 4) is 22.5 Å². The predicted octanol–water partition coefficient (Wildman–Crippen LogP) is 3.75. The SMILES string of the molecule is CC(=O)Nc1cc(-c2c(-c3ccc(F)cc3)[nH]c(=S)n2CC(C)O)ccn1. The normalized spacial score (nSPS) is 12.0. The Hall–Kier alpha value is -2.84. The van der Waals surface area contributed by atoms with E-state index in [0.29, 0.717) is 16.3 Å². The Morgan fingerprint density at radius 2 is 2.04 bits per heavy atom. The molecule has 2 heterocycles. The van der Waals surface area contributed by atoms with Crippen LogP contribution >= 0.6 is 12.2 Å². The highest BCUT2D eigenvalue weighted by atomic mass is 32.1. The van der Waals surface area contributed by atoms with Crippen LogP contribution in [0.15, 0.2) is 42.6 Å².